The zero-order chi connectivity index (χ0) is 24.2. The summed E-state index contributed by atoms with van der Waals surface area (Å²) in [7, 11) is 1.70. The third-order valence-corrected chi connectivity index (χ3v) is 8.34. The van der Waals surface area contributed by atoms with Gasteiger partial charge >= 0.3 is 0 Å². The van der Waals surface area contributed by atoms with Gasteiger partial charge in [-0.05, 0) is 68.8 Å². The molecule has 3 rings (SSSR count). The maximum absolute atomic E-state index is 13.2. The van der Waals surface area contributed by atoms with E-state index < -0.39 is 10.0 Å². The van der Waals surface area contributed by atoms with Crippen LogP contribution in [0.5, 0.6) is 5.75 Å². The molecule has 0 aromatic heterocycles. The molecule has 1 aliphatic rings. The molecule has 1 aliphatic heterocycles. The van der Waals surface area contributed by atoms with Crippen LogP contribution in [0.3, 0.4) is 0 Å². The number of benzene rings is 2. The highest BCUT2D eigenvalue weighted by molar-refractivity contribution is 7.89. The summed E-state index contributed by atoms with van der Waals surface area (Å²) in [5, 5.41) is 3.05. The lowest BCUT2D eigenvalue weighted by atomic mass is 10.0. The number of carbonyl (C=O) groups excluding carboxylic acids is 1. The van der Waals surface area contributed by atoms with E-state index >= 15 is 0 Å². The van der Waals surface area contributed by atoms with Crippen LogP contribution >= 0.6 is 11.6 Å². The fourth-order valence-electron chi connectivity index (χ4n) is 4.08. The Kier molecular flexibility index (Phi) is 8.39. The monoisotopic (exact) mass is 493 g/mol. The van der Waals surface area contributed by atoms with Gasteiger partial charge in [0.25, 0.3) is 5.91 Å². The van der Waals surface area contributed by atoms with E-state index in [9.17, 15) is 13.2 Å². The lowest BCUT2D eigenvalue weighted by Gasteiger charge is -2.30. The molecule has 1 N–H and O–H groups in total. The fourth-order valence-corrected chi connectivity index (χ4v) is 6.18. The topological polar surface area (TPSA) is 78.9 Å². The average molecular weight is 494 g/mol. The number of hydrogen-bond acceptors (Lipinski definition) is 5. The van der Waals surface area contributed by atoms with Crippen molar-refractivity contribution < 1.29 is 17.9 Å². The second kappa shape index (κ2) is 10.9. The van der Waals surface area contributed by atoms with Crippen molar-refractivity contribution in [2.24, 2.45) is 5.92 Å². The van der Waals surface area contributed by atoms with Crippen LogP contribution in [0.1, 0.15) is 41.7 Å². The first-order valence-electron chi connectivity index (χ1n) is 11.0. The van der Waals surface area contributed by atoms with Crippen molar-refractivity contribution in [1.29, 1.82) is 0 Å². The molecule has 0 saturated carbocycles. The van der Waals surface area contributed by atoms with Crippen LogP contribution in [0.15, 0.2) is 47.4 Å². The summed E-state index contributed by atoms with van der Waals surface area (Å²) in [4.78, 5) is 14.9. The van der Waals surface area contributed by atoms with E-state index in [1.165, 1.54) is 16.4 Å². The molecule has 1 amide bonds. The van der Waals surface area contributed by atoms with Gasteiger partial charge in [-0.1, -0.05) is 30.7 Å². The summed E-state index contributed by atoms with van der Waals surface area (Å²) < 4.78 is 33.2. The molecular formula is C24H32ClN3O4S. The maximum Gasteiger partial charge on any atom is 0.251 e. The fraction of sp³-hybridized carbons (Fsp3) is 0.458. The van der Waals surface area contributed by atoms with Gasteiger partial charge in [0.15, 0.2) is 0 Å². The molecule has 2 aromatic rings. The van der Waals surface area contributed by atoms with Crippen LogP contribution in [0.25, 0.3) is 0 Å². The number of ether oxygens (including phenoxy) is 1. The molecule has 1 fully saturated rings. The molecule has 2 aromatic carbocycles. The second-order valence-corrected chi connectivity index (χ2v) is 11.0. The van der Waals surface area contributed by atoms with Crippen molar-refractivity contribution in [2.45, 2.75) is 30.7 Å². The number of nitrogens with zero attached hydrogens (tertiary/aromatic N) is 2. The lowest BCUT2D eigenvalue weighted by molar-refractivity contribution is 0.0941. The van der Waals surface area contributed by atoms with Crippen molar-refractivity contribution in [3.63, 3.8) is 0 Å². The van der Waals surface area contributed by atoms with Gasteiger partial charge in [-0.3, -0.25) is 4.79 Å². The highest BCUT2D eigenvalue weighted by atomic mass is 35.5. The van der Waals surface area contributed by atoms with E-state index in [1.54, 1.807) is 13.2 Å². The van der Waals surface area contributed by atoms with E-state index in [0.717, 1.165) is 24.2 Å². The Morgan fingerprint density at radius 2 is 2.03 bits per heavy atom. The molecule has 7 nitrogen and oxygen atoms in total. The second-order valence-electron chi connectivity index (χ2n) is 8.72. The van der Waals surface area contributed by atoms with Crippen molar-refractivity contribution >= 4 is 27.5 Å². The minimum atomic E-state index is -3.78. The summed E-state index contributed by atoms with van der Waals surface area (Å²) in [5.74, 6) is 0.675. The largest absolute Gasteiger partial charge is 0.497 e. The molecule has 33 heavy (non-hydrogen) atoms. The van der Waals surface area contributed by atoms with E-state index in [4.69, 9.17) is 16.3 Å². The number of rotatable bonds is 8. The first kappa shape index (κ1) is 25.5. The Morgan fingerprint density at radius 3 is 2.70 bits per heavy atom. The first-order chi connectivity index (χ1) is 15.6. The molecule has 0 aliphatic carbocycles. The highest BCUT2D eigenvalue weighted by Gasteiger charge is 2.31. The summed E-state index contributed by atoms with van der Waals surface area (Å²) in [6.45, 7) is 3.30. The predicted molar refractivity (Wildman–Crippen MR) is 130 cm³/mol. The summed E-state index contributed by atoms with van der Waals surface area (Å²) in [6, 6.07) is 12.0. The van der Waals surface area contributed by atoms with Gasteiger partial charge in [0, 0.05) is 25.2 Å². The average Bonchev–Trinajstić information content (AvgIpc) is 2.79. The number of methoxy groups -OCH3 is 1. The number of likely N-dealkylation sites (N-methyl/N-ethyl adjacent to an activating group) is 1. The summed E-state index contributed by atoms with van der Waals surface area (Å²) in [5.41, 5.74) is 1.25. The standard InChI is InChI=1S/C24H32ClN3O4S/c1-17-7-6-12-28(16-17)33(30,31)23-14-19(10-11-21(23)25)24(29)26-15-22(27(2)3)18-8-5-9-20(13-18)32-4/h5,8-11,13-14,17,22H,6-7,12,15-16H2,1-4H3,(H,26,29)/t17-,22+/m1/s1. The molecule has 180 valence electrons. The molecule has 0 bridgehead atoms. The quantitative estimate of drug-likeness (QED) is 0.605. The Morgan fingerprint density at radius 1 is 1.27 bits per heavy atom. The predicted octanol–water partition coefficient (Wildman–Crippen LogP) is 3.80. The number of piperidine rings is 1. The highest BCUT2D eigenvalue weighted by Crippen LogP contribution is 2.29. The third-order valence-electron chi connectivity index (χ3n) is 5.99. The van der Waals surface area contributed by atoms with Gasteiger partial charge in [0.1, 0.15) is 10.6 Å². The molecule has 2 atom stereocenters. The van der Waals surface area contributed by atoms with Crippen molar-refractivity contribution in [2.75, 3.05) is 40.8 Å². The molecule has 0 spiro atoms. The number of carbonyl (C=O) groups is 1. The Bertz CT molecular complexity index is 1090. The third kappa shape index (κ3) is 6.06. The van der Waals surface area contributed by atoms with E-state index in [2.05, 4.69) is 5.32 Å². The Hall–Kier alpha value is -2.13. The number of amides is 1. The van der Waals surface area contributed by atoms with Crippen LogP contribution in [0, 0.1) is 5.92 Å². The van der Waals surface area contributed by atoms with E-state index in [1.807, 2.05) is 50.2 Å². The number of halogens is 1. The molecule has 1 heterocycles. The minimum absolute atomic E-state index is 0.0251. The van der Waals surface area contributed by atoms with Crippen LogP contribution in [-0.4, -0.2) is 64.4 Å². The van der Waals surface area contributed by atoms with E-state index in [-0.39, 0.29) is 27.4 Å². The minimum Gasteiger partial charge on any atom is -0.497 e. The number of sulfonamides is 1. The Balaban J connectivity index is 1.78. The van der Waals surface area contributed by atoms with Crippen LogP contribution < -0.4 is 10.1 Å². The van der Waals surface area contributed by atoms with Gasteiger partial charge in [-0.15, -0.1) is 0 Å². The first-order valence-corrected chi connectivity index (χ1v) is 12.8. The van der Waals surface area contributed by atoms with Crippen molar-refractivity contribution in [3.05, 3.63) is 58.6 Å². The van der Waals surface area contributed by atoms with Gasteiger partial charge < -0.3 is 15.0 Å². The molecule has 9 heteroatoms. The molecular weight excluding hydrogens is 462 g/mol. The van der Waals surface area contributed by atoms with Gasteiger partial charge in [-0.25, -0.2) is 8.42 Å². The smallest absolute Gasteiger partial charge is 0.251 e. The van der Waals surface area contributed by atoms with E-state index in [0.29, 0.717) is 25.6 Å². The van der Waals surface area contributed by atoms with Crippen molar-refractivity contribution in [3.8, 4) is 5.75 Å². The number of nitrogens with one attached hydrogen (secondary N) is 1. The maximum atomic E-state index is 13.2. The SMILES string of the molecule is COc1cccc([C@H](CNC(=O)c2ccc(Cl)c(S(=O)(=O)N3CCC[C@@H](C)C3)c2)N(C)C)c1. The number of hydrogen-bond donors (Lipinski definition) is 1. The molecule has 0 unspecified atom stereocenters. The van der Waals surface area contributed by atoms with Gasteiger partial charge in [-0.2, -0.15) is 4.31 Å². The van der Waals surface area contributed by atoms with Crippen LogP contribution in [0.2, 0.25) is 5.02 Å². The van der Waals surface area contributed by atoms with Crippen LogP contribution in [-0.2, 0) is 10.0 Å². The lowest BCUT2D eigenvalue weighted by Crippen LogP contribution is -2.39. The summed E-state index contributed by atoms with van der Waals surface area (Å²) in [6.07, 6.45) is 1.82. The van der Waals surface area contributed by atoms with Gasteiger partial charge in [0.2, 0.25) is 10.0 Å². The molecule has 0 radical (unpaired) electrons. The zero-order valence-electron chi connectivity index (χ0n) is 19.5. The normalized spacial score (nSPS) is 18.2. The van der Waals surface area contributed by atoms with Crippen molar-refractivity contribution in [1.82, 2.24) is 14.5 Å². The summed E-state index contributed by atoms with van der Waals surface area (Å²) >= 11 is 6.26. The van der Waals surface area contributed by atoms with Gasteiger partial charge in [0.05, 0.1) is 18.2 Å². The van der Waals surface area contributed by atoms with Crippen LogP contribution in [0.4, 0.5) is 0 Å². The zero-order valence-corrected chi connectivity index (χ0v) is 21.1. The molecule has 1 saturated heterocycles. The Labute approximate surface area is 201 Å².